The highest BCUT2D eigenvalue weighted by atomic mass is 35.5. The molecule has 0 atom stereocenters. The predicted molar refractivity (Wildman–Crippen MR) is 139 cm³/mol. The molecular weight excluding hydrogens is 442 g/mol. The van der Waals surface area contributed by atoms with Crippen molar-refractivity contribution >= 4 is 28.4 Å². The van der Waals surface area contributed by atoms with Crippen molar-refractivity contribution in [2.24, 2.45) is 5.92 Å². The first-order valence-electron chi connectivity index (χ1n) is 12.2. The summed E-state index contributed by atoms with van der Waals surface area (Å²) in [5.41, 5.74) is 5.57. The number of hydrogen-bond donors (Lipinski definition) is 1. The van der Waals surface area contributed by atoms with E-state index >= 15 is 0 Å². The lowest BCUT2D eigenvalue weighted by molar-refractivity contribution is -0.132. The number of nitrogens with zero attached hydrogens (tertiary/aromatic N) is 2. The van der Waals surface area contributed by atoms with Crippen molar-refractivity contribution in [2.75, 3.05) is 13.1 Å². The van der Waals surface area contributed by atoms with E-state index in [9.17, 15) is 4.79 Å². The van der Waals surface area contributed by atoms with Gasteiger partial charge in [-0.05, 0) is 79.5 Å². The SMILES string of the molecule is O=C(CCCc1c(-c2ccccn2)[nH]c2ccc(Cl)cc12)N1CCC(Cc2ccccc2)CC1. The van der Waals surface area contributed by atoms with E-state index in [0.717, 1.165) is 72.5 Å². The van der Waals surface area contributed by atoms with Gasteiger partial charge in [-0.25, -0.2) is 0 Å². The average molecular weight is 472 g/mol. The lowest BCUT2D eigenvalue weighted by Crippen LogP contribution is -2.38. The summed E-state index contributed by atoms with van der Waals surface area (Å²) < 4.78 is 0. The lowest BCUT2D eigenvalue weighted by atomic mass is 9.90. The monoisotopic (exact) mass is 471 g/mol. The third-order valence-electron chi connectivity index (χ3n) is 6.94. The Morgan fingerprint density at radius 1 is 1.03 bits per heavy atom. The number of rotatable bonds is 7. The molecule has 1 aliphatic heterocycles. The lowest BCUT2D eigenvalue weighted by Gasteiger charge is -2.32. The zero-order chi connectivity index (χ0) is 23.3. The van der Waals surface area contributed by atoms with Crippen LogP contribution >= 0.6 is 11.6 Å². The molecule has 2 aromatic carbocycles. The van der Waals surface area contributed by atoms with Crippen molar-refractivity contribution in [2.45, 2.75) is 38.5 Å². The molecule has 2 aromatic heterocycles. The minimum atomic E-state index is 0.274. The topological polar surface area (TPSA) is 49.0 Å². The summed E-state index contributed by atoms with van der Waals surface area (Å²) in [6.07, 6.45) is 7.28. The average Bonchev–Trinajstić information content (AvgIpc) is 3.23. The third-order valence-corrected chi connectivity index (χ3v) is 7.18. The number of aryl methyl sites for hydroxylation is 1. The highest BCUT2D eigenvalue weighted by Crippen LogP contribution is 2.32. The van der Waals surface area contributed by atoms with Gasteiger partial charge in [-0.3, -0.25) is 9.78 Å². The Balaban J connectivity index is 1.20. The van der Waals surface area contributed by atoms with Crippen LogP contribution < -0.4 is 0 Å². The fraction of sp³-hybridized carbons (Fsp3) is 0.310. The Kier molecular flexibility index (Phi) is 6.96. The molecule has 0 bridgehead atoms. The summed E-state index contributed by atoms with van der Waals surface area (Å²) in [6, 6.07) is 22.5. The Hall–Kier alpha value is -3.11. The smallest absolute Gasteiger partial charge is 0.222 e. The van der Waals surface area contributed by atoms with Crippen LogP contribution in [0.1, 0.15) is 36.8 Å². The number of likely N-dealkylation sites (tertiary alicyclic amines) is 1. The summed E-state index contributed by atoms with van der Waals surface area (Å²) in [5.74, 6) is 0.943. The molecule has 1 N–H and O–H groups in total. The summed E-state index contributed by atoms with van der Waals surface area (Å²) in [4.78, 5) is 23.1. The van der Waals surface area contributed by atoms with Gasteiger partial charge in [-0.2, -0.15) is 0 Å². The Bertz CT molecular complexity index is 1240. The van der Waals surface area contributed by atoms with Gasteiger partial charge < -0.3 is 9.88 Å². The fourth-order valence-electron chi connectivity index (χ4n) is 5.12. The van der Waals surface area contributed by atoms with Crippen LogP contribution in [0.25, 0.3) is 22.3 Å². The molecule has 0 saturated carbocycles. The van der Waals surface area contributed by atoms with Crippen LogP contribution in [0.2, 0.25) is 5.02 Å². The third kappa shape index (κ3) is 5.18. The first kappa shape index (κ1) is 22.7. The van der Waals surface area contributed by atoms with Crippen molar-refractivity contribution in [3.8, 4) is 11.4 Å². The minimum absolute atomic E-state index is 0.274. The normalized spacial score (nSPS) is 14.6. The van der Waals surface area contributed by atoms with Crippen molar-refractivity contribution in [1.29, 1.82) is 0 Å². The molecule has 4 nitrogen and oxygen atoms in total. The zero-order valence-corrected chi connectivity index (χ0v) is 20.1. The number of pyridine rings is 1. The number of amides is 1. The first-order valence-corrected chi connectivity index (χ1v) is 12.6. The molecule has 1 aliphatic rings. The van der Waals surface area contributed by atoms with E-state index in [4.69, 9.17) is 11.6 Å². The predicted octanol–water partition coefficient (Wildman–Crippen LogP) is 6.69. The van der Waals surface area contributed by atoms with Gasteiger partial charge in [-0.1, -0.05) is 48.0 Å². The number of aromatic amines is 1. The van der Waals surface area contributed by atoms with E-state index in [2.05, 4.69) is 45.2 Å². The van der Waals surface area contributed by atoms with Crippen molar-refractivity contribution in [3.05, 3.63) is 89.1 Å². The number of aromatic nitrogens is 2. The molecule has 5 heteroatoms. The largest absolute Gasteiger partial charge is 0.353 e. The molecule has 3 heterocycles. The summed E-state index contributed by atoms with van der Waals surface area (Å²) in [6.45, 7) is 1.75. The Labute approximate surface area is 206 Å². The summed E-state index contributed by atoms with van der Waals surface area (Å²) >= 11 is 6.30. The highest BCUT2D eigenvalue weighted by molar-refractivity contribution is 6.31. The van der Waals surface area contributed by atoms with E-state index in [0.29, 0.717) is 12.3 Å². The zero-order valence-electron chi connectivity index (χ0n) is 19.3. The standard InChI is InChI=1S/C29H30ClN3O/c30-23-12-13-26-25(20-23)24(29(32-26)27-10-4-5-16-31-27)9-6-11-28(34)33-17-14-22(15-18-33)19-21-7-2-1-3-8-21/h1-5,7-8,10,12-13,16,20,22,32H,6,9,11,14-15,17-19H2. The van der Waals surface area contributed by atoms with E-state index in [1.165, 1.54) is 11.1 Å². The minimum Gasteiger partial charge on any atom is -0.353 e. The van der Waals surface area contributed by atoms with Crippen LogP contribution in [0, 0.1) is 5.92 Å². The maximum atomic E-state index is 12.9. The number of fused-ring (bicyclic) bond motifs is 1. The molecular formula is C29H30ClN3O. The van der Waals surface area contributed by atoms with Gasteiger partial charge in [0.05, 0.1) is 11.4 Å². The number of H-pyrrole nitrogens is 1. The molecule has 1 saturated heterocycles. The second-order valence-electron chi connectivity index (χ2n) is 9.25. The van der Waals surface area contributed by atoms with Gasteiger partial charge in [0.2, 0.25) is 5.91 Å². The second kappa shape index (κ2) is 10.4. The number of piperidine rings is 1. The van der Waals surface area contributed by atoms with Gasteiger partial charge in [0, 0.05) is 41.6 Å². The molecule has 1 fully saturated rings. The number of carbonyl (C=O) groups excluding carboxylic acids is 1. The van der Waals surface area contributed by atoms with Gasteiger partial charge in [0.15, 0.2) is 0 Å². The molecule has 4 aromatic rings. The van der Waals surface area contributed by atoms with E-state index in [1.54, 1.807) is 0 Å². The maximum Gasteiger partial charge on any atom is 0.222 e. The molecule has 34 heavy (non-hydrogen) atoms. The van der Waals surface area contributed by atoms with E-state index < -0.39 is 0 Å². The number of nitrogens with one attached hydrogen (secondary N) is 1. The van der Waals surface area contributed by atoms with Crippen LogP contribution in [0.5, 0.6) is 0 Å². The molecule has 1 amide bonds. The van der Waals surface area contributed by atoms with Crippen LogP contribution in [-0.2, 0) is 17.6 Å². The number of hydrogen-bond acceptors (Lipinski definition) is 2. The van der Waals surface area contributed by atoms with Gasteiger partial charge in [0.25, 0.3) is 0 Å². The van der Waals surface area contributed by atoms with Crippen molar-refractivity contribution < 1.29 is 4.79 Å². The van der Waals surface area contributed by atoms with Crippen LogP contribution in [0.15, 0.2) is 72.9 Å². The van der Waals surface area contributed by atoms with Gasteiger partial charge in [0.1, 0.15) is 0 Å². The molecule has 174 valence electrons. The summed E-state index contributed by atoms with van der Waals surface area (Å²) in [5, 5.41) is 1.83. The molecule has 5 rings (SSSR count). The van der Waals surface area contributed by atoms with Gasteiger partial charge >= 0.3 is 0 Å². The molecule has 0 unspecified atom stereocenters. The molecule has 0 spiro atoms. The van der Waals surface area contributed by atoms with E-state index in [1.807, 2.05) is 42.6 Å². The number of benzene rings is 2. The fourth-order valence-corrected chi connectivity index (χ4v) is 5.29. The Morgan fingerprint density at radius 3 is 2.59 bits per heavy atom. The molecule has 0 radical (unpaired) electrons. The number of carbonyl (C=O) groups is 1. The van der Waals surface area contributed by atoms with E-state index in [-0.39, 0.29) is 5.91 Å². The quantitative estimate of drug-likeness (QED) is 0.326. The maximum absolute atomic E-state index is 12.9. The first-order chi connectivity index (χ1) is 16.7. The second-order valence-corrected chi connectivity index (χ2v) is 9.69. The highest BCUT2D eigenvalue weighted by Gasteiger charge is 2.23. The Morgan fingerprint density at radius 2 is 1.82 bits per heavy atom. The van der Waals surface area contributed by atoms with Crippen LogP contribution in [0.3, 0.4) is 0 Å². The van der Waals surface area contributed by atoms with Crippen LogP contribution in [0.4, 0.5) is 0 Å². The van der Waals surface area contributed by atoms with Crippen molar-refractivity contribution in [3.63, 3.8) is 0 Å². The number of halogens is 1. The van der Waals surface area contributed by atoms with Crippen molar-refractivity contribution in [1.82, 2.24) is 14.9 Å². The van der Waals surface area contributed by atoms with Gasteiger partial charge in [-0.15, -0.1) is 0 Å². The van der Waals surface area contributed by atoms with Crippen LogP contribution in [-0.4, -0.2) is 33.9 Å². The molecule has 0 aliphatic carbocycles. The summed E-state index contributed by atoms with van der Waals surface area (Å²) in [7, 11) is 0.